The number of hydrogen-bond acceptors (Lipinski definition) is 1. The minimum absolute atomic E-state index is 0.148. The third-order valence-electron chi connectivity index (χ3n) is 7.64. The fourth-order valence-electron chi connectivity index (χ4n) is 5.32. The number of alkyl halides is 1. The van der Waals surface area contributed by atoms with E-state index < -0.39 is 0 Å². The van der Waals surface area contributed by atoms with Gasteiger partial charge in [-0.1, -0.05) is 94.0 Å². The van der Waals surface area contributed by atoms with E-state index in [9.17, 15) is 8.78 Å². The zero-order chi connectivity index (χ0) is 27.5. The highest BCUT2D eigenvalue weighted by atomic mass is 19.1. The normalized spacial score (nSPS) is 15.1. The number of allylic oxidation sites excluding steroid dienone is 1. The van der Waals surface area contributed by atoms with Crippen molar-refractivity contribution in [3.05, 3.63) is 99.9 Å². The highest BCUT2D eigenvalue weighted by Crippen LogP contribution is 2.41. The van der Waals surface area contributed by atoms with Crippen LogP contribution >= 0.6 is 0 Å². The Morgan fingerprint density at radius 3 is 2.16 bits per heavy atom. The lowest BCUT2D eigenvalue weighted by molar-refractivity contribution is 0.469. The van der Waals surface area contributed by atoms with Gasteiger partial charge in [0.1, 0.15) is 5.82 Å². The molecule has 1 nitrogen and oxygen atoms in total. The number of anilines is 1. The molecule has 3 heteroatoms. The van der Waals surface area contributed by atoms with Crippen molar-refractivity contribution in [1.82, 2.24) is 0 Å². The van der Waals surface area contributed by atoms with Crippen molar-refractivity contribution in [2.24, 2.45) is 5.92 Å². The molecule has 0 aliphatic heterocycles. The molecular formula is C35H45F2N. The van der Waals surface area contributed by atoms with E-state index in [4.69, 9.17) is 5.73 Å². The van der Waals surface area contributed by atoms with Gasteiger partial charge in [0.05, 0.1) is 6.67 Å². The number of unbranched alkanes of at least 4 members (excludes halogenated alkanes) is 1. The number of halogens is 2. The first kappa shape index (κ1) is 29.6. The molecule has 38 heavy (non-hydrogen) atoms. The van der Waals surface area contributed by atoms with E-state index in [1.54, 1.807) is 0 Å². The maximum absolute atomic E-state index is 14.3. The van der Waals surface area contributed by atoms with Gasteiger partial charge in [0.2, 0.25) is 0 Å². The number of aryl methyl sites for hydroxylation is 2. The number of rotatable bonds is 4. The Morgan fingerprint density at radius 2 is 1.58 bits per heavy atom. The molecule has 2 aliphatic rings. The fourth-order valence-corrected chi connectivity index (χ4v) is 5.32. The number of nitrogens with two attached hydrogens (primary N) is 1. The highest BCUT2D eigenvalue weighted by Gasteiger charge is 2.21. The van der Waals surface area contributed by atoms with E-state index in [0.29, 0.717) is 0 Å². The van der Waals surface area contributed by atoms with Gasteiger partial charge in [-0.3, -0.25) is 4.39 Å². The van der Waals surface area contributed by atoms with E-state index in [0.717, 1.165) is 54.8 Å². The maximum Gasteiger partial charge on any atom is 0.126 e. The van der Waals surface area contributed by atoms with Crippen molar-refractivity contribution in [2.45, 2.75) is 85.5 Å². The molecule has 204 valence electrons. The van der Waals surface area contributed by atoms with E-state index in [1.807, 2.05) is 32.0 Å². The van der Waals surface area contributed by atoms with E-state index in [2.05, 4.69) is 50.2 Å². The molecule has 3 aromatic carbocycles. The summed E-state index contributed by atoms with van der Waals surface area (Å²) >= 11 is 0. The molecule has 5 rings (SSSR count). The van der Waals surface area contributed by atoms with Crippen LogP contribution in [0.1, 0.15) is 98.6 Å². The molecule has 0 heterocycles. The minimum Gasteiger partial charge on any atom is -0.399 e. The zero-order valence-electron chi connectivity index (χ0n) is 23.8. The van der Waals surface area contributed by atoms with Gasteiger partial charge in [0, 0.05) is 5.69 Å². The van der Waals surface area contributed by atoms with Crippen LogP contribution in [-0.4, -0.2) is 6.67 Å². The summed E-state index contributed by atoms with van der Waals surface area (Å²) < 4.78 is 25.3. The van der Waals surface area contributed by atoms with E-state index in [-0.39, 0.29) is 12.5 Å². The average Bonchev–Trinajstić information content (AvgIpc) is 3.31. The second-order valence-electron chi connectivity index (χ2n) is 10.8. The van der Waals surface area contributed by atoms with Gasteiger partial charge in [-0.2, -0.15) is 0 Å². The number of nitrogen functional groups attached to an aromatic ring is 1. The Bertz CT molecular complexity index is 1190. The Balaban J connectivity index is 0.000000304. The highest BCUT2D eigenvalue weighted by molar-refractivity contribution is 6.00. The quantitative estimate of drug-likeness (QED) is 0.342. The summed E-state index contributed by atoms with van der Waals surface area (Å²) in [5.41, 5.74) is 15.9. The van der Waals surface area contributed by atoms with Gasteiger partial charge < -0.3 is 5.73 Å². The lowest BCUT2D eigenvalue weighted by Gasteiger charge is -2.18. The third-order valence-corrected chi connectivity index (χ3v) is 7.64. The van der Waals surface area contributed by atoms with Gasteiger partial charge in [0.25, 0.3) is 0 Å². The maximum atomic E-state index is 14.3. The predicted molar refractivity (Wildman–Crippen MR) is 161 cm³/mol. The molecule has 0 bridgehead atoms. The lowest BCUT2D eigenvalue weighted by Crippen LogP contribution is -1.99. The monoisotopic (exact) mass is 517 g/mol. The van der Waals surface area contributed by atoms with E-state index in [1.165, 1.54) is 65.1 Å². The van der Waals surface area contributed by atoms with Crippen LogP contribution in [0.5, 0.6) is 0 Å². The summed E-state index contributed by atoms with van der Waals surface area (Å²) in [5, 5.41) is 0. The summed E-state index contributed by atoms with van der Waals surface area (Å²) in [4.78, 5) is 0. The molecule has 2 N–H and O–H groups in total. The SMILES string of the molecule is CC1CCCC1.CCCCF.Cc1ccc(C2=C(c3cccc(F)c3C)CCCc3cc(N)ccc32)cc1. The van der Waals surface area contributed by atoms with Crippen molar-refractivity contribution in [2.75, 3.05) is 12.4 Å². The number of fused-ring (bicyclic) bond motifs is 1. The summed E-state index contributed by atoms with van der Waals surface area (Å²) in [7, 11) is 0. The molecule has 2 aliphatic carbocycles. The molecule has 3 aromatic rings. The Morgan fingerprint density at radius 1 is 0.868 bits per heavy atom. The fraction of sp³-hybridized carbons (Fsp3) is 0.429. The van der Waals surface area contributed by atoms with Crippen molar-refractivity contribution in [1.29, 1.82) is 0 Å². The Labute approximate surface area is 229 Å². The molecule has 0 saturated heterocycles. The molecule has 0 atom stereocenters. The van der Waals surface area contributed by atoms with Crippen LogP contribution in [0, 0.1) is 25.6 Å². The van der Waals surface area contributed by atoms with Crippen molar-refractivity contribution in [3.8, 4) is 0 Å². The van der Waals surface area contributed by atoms with Crippen LogP contribution in [0.4, 0.5) is 14.5 Å². The Kier molecular flexibility index (Phi) is 11.6. The second-order valence-corrected chi connectivity index (χ2v) is 10.8. The number of hydrogen-bond donors (Lipinski definition) is 1. The topological polar surface area (TPSA) is 26.0 Å². The second kappa shape index (κ2) is 14.9. The van der Waals surface area contributed by atoms with Crippen molar-refractivity contribution in [3.63, 3.8) is 0 Å². The van der Waals surface area contributed by atoms with Gasteiger partial charge in [-0.25, -0.2) is 4.39 Å². The van der Waals surface area contributed by atoms with Gasteiger partial charge in [-0.05, 0) is 103 Å². The molecule has 0 spiro atoms. The molecule has 1 saturated carbocycles. The zero-order valence-corrected chi connectivity index (χ0v) is 23.8. The molecule has 0 amide bonds. The van der Waals surface area contributed by atoms with Crippen LogP contribution in [-0.2, 0) is 6.42 Å². The molecule has 0 aromatic heterocycles. The van der Waals surface area contributed by atoms with Crippen molar-refractivity contribution < 1.29 is 8.78 Å². The molecular weight excluding hydrogens is 472 g/mol. The van der Waals surface area contributed by atoms with Crippen LogP contribution in [0.3, 0.4) is 0 Å². The average molecular weight is 518 g/mol. The summed E-state index contributed by atoms with van der Waals surface area (Å²) in [6.07, 6.45) is 10.6. The third kappa shape index (κ3) is 8.03. The first-order valence-corrected chi connectivity index (χ1v) is 14.4. The standard InChI is InChI=1S/C25H24FN.C6H12.C4H9F/c1-16-9-11-18(12-10-16)25-22-14-13-20(27)15-19(22)5-3-7-23(25)21-6-4-8-24(26)17(21)2;1-6-4-2-3-5-6;1-2-3-4-5/h4,6,8-15H,3,5,7,27H2,1-2H3;6H,2-5H2,1H3;2-4H2,1H3. The minimum atomic E-state index is -0.156. The van der Waals surface area contributed by atoms with Gasteiger partial charge >= 0.3 is 0 Å². The van der Waals surface area contributed by atoms with Gasteiger partial charge in [-0.15, -0.1) is 0 Å². The molecule has 1 fully saturated rings. The summed E-state index contributed by atoms with van der Waals surface area (Å²) in [6.45, 7) is 8.12. The molecule has 0 radical (unpaired) electrons. The van der Waals surface area contributed by atoms with E-state index >= 15 is 0 Å². The number of benzene rings is 3. The van der Waals surface area contributed by atoms with Crippen LogP contribution in [0.25, 0.3) is 11.1 Å². The lowest BCUT2D eigenvalue weighted by atomic mass is 9.86. The predicted octanol–water partition coefficient (Wildman–Crippen LogP) is 10.3. The first-order valence-electron chi connectivity index (χ1n) is 14.4. The van der Waals surface area contributed by atoms with Crippen LogP contribution in [0.15, 0.2) is 60.7 Å². The van der Waals surface area contributed by atoms with Crippen LogP contribution < -0.4 is 5.73 Å². The smallest absolute Gasteiger partial charge is 0.126 e. The summed E-state index contributed by atoms with van der Waals surface area (Å²) in [5.74, 6) is 0.898. The Hall–Kier alpha value is -2.94. The van der Waals surface area contributed by atoms with Crippen molar-refractivity contribution >= 4 is 16.8 Å². The van der Waals surface area contributed by atoms with Gasteiger partial charge in [0.15, 0.2) is 0 Å². The summed E-state index contributed by atoms with van der Waals surface area (Å²) in [6, 6.07) is 20.2. The molecule has 0 unspecified atom stereocenters. The largest absolute Gasteiger partial charge is 0.399 e. The van der Waals surface area contributed by atoms with Crippen LogP contribution in [0.2, 0.25) is 0 Å². The first-order chi connectivity index (χ1) is 18.3.